The molecule has 1 saturated carbocycles. The minimum absolute atomic E-state index is 0.0994. The van der Waals surface area contributed by atoms with Crippen LogP contribution in [-0.2, 0) is 0 Å². The summed E-state index contributed by atoms with van der Waals surface area (Å²) in [5.74, 6) is 0.876. The maximum Gasteiger partial charge on any atom is 0.253 e. The molecule has 2 fully saturated rings. The second-order valence-electron chi connectivity index (χ2n) is 6.34. The molecule has 3 unspecified atom stereocenters. The number of rotatable bonds is 1. The number of hydrogen-bond acceptors (Lipinski definition) is 2. The summed E-state index contributed by atoms with van der Waals surface area (Å²) in [5, 5.41) is 12.2. The predicted octanol–water partition coefficient (Wildman–Crippen LogP) is 2.68. The van der Waals surface area contributed by atoms with Gasteiger partial charge in [0.2, 0.25) is 0 Å². The van der Waals surface area contributed by atoms with E-state index in [0.717, 1.165) is 35.7 Å². The molecule has 2 aromatic rings. The van der Waals surface area contributed by atoms with Crippen molar-refractivity contribution >= 4 is 16.7 Å². The minimum atomic E-state index is -0.218. The third-order valence-electron chi connectivity index (χ3n) is 5.10. The lowest BCUT2D eigenvalue weighted by atomic mass is 10.00. The van der Waals surface area contributed by atoms with E-state index in [2.05, 4.69) is 6.07 Å². The van der Waals surface area contributed by atoms with Crippen LogP contribution in [0.15, 0.2) is 42.5 Å². The summed E-state index contributed by atoms with van der Waals surface area (Å²) in [6.45, 7) is 1.50. The van der Waals surface area contributed by atoms with Gasteiger partial charge in [0.05, 0.1) is 6.10 Å². The zero-order valence-electron chi connectivity index (χ0n) is 11.9. The molecule has 0 aromatic heterocycles. The fourth-order valence-electron chi connectivity index (χ4n) is 3.91. The molecule has 1 heterocycles. The van der Waals surface area contributed by atoms with Gasteiger partial charge in [0.15, 0.2) is 0 Å². The van der Waals surface area contributed by atoms with Crippen molar-refractivity contribution in [3.8, 4) is 0 Å². The predicted molar refractivity (Wildman–Crippen MR) is 82.1 cm³/mol. The Kier molecular flexibility index (Phi) is 2.96. The van der Waals surface area contributed by atoms with Crippen molar-refractivity contribution in [2.24, 2.45) is 11.8 Å². The maximum absolute atomic E-state index is 12.7. The molecule has 108 valence electrons. The Morgan fingerprint density at radius 3 is 2.67 bits per heavy atom. The van der Waals surface area contributed by atoms with Crippen molar-refractivity contribution in [3.63, 3.8) is 0 Å². The monoisotopic (exact) mass is 281 g/mol. The number of benzene rings is 2. The van der Waals surface area contributed by atoms with E-state index in [1.165, 1.54) is 0 Å². The molecule has 1 N–H and O–H groups in total. The summed E-state index contributed by atoms with van der Waals surface area (Å²) in [4.78, 5) is 14.6. The van der Waals surface area contributed by atoms with Gasteiger partial charge in [0, 0.05) is 24.6 Å². The minimum Gasteiger partial charge on any atom is -0.393 e. The maximum atomic E-state index is 12.7. The van der Waals surface area contributed by atoms with Crippen LogP contribution in [0.5, 0.6) is 0 Å². The largest absolute Gasteiger partial charge is 0.393 e. The molecule has 3 nitrogen and oxygen atoms in total. The first-order valence-electron chi connectivity index (χ1n) is 7.68. The third-order valence-corrected chi connectivity index (χ3v) is 5.10. The second-order valence-corrected chi connectivity index (χ2v) is 6.34. The summed E-state index contributed by atoms with van der Waals surface area (Å²) in [6, 6.07) is 14.0. The van der Waals surface area contributed by atoms with Gasteiger partial charge in [-0.2, -0.15) is 0 Å². The van der Waals surface area contributed by atoms with Gasteiger partial charge in [-0.1, -0.05) is 30.3 Å². The molecule has 4 rings (SSSR count). The summed E-state index contributed by atoms with van der Waals surface area (Å²) in [6.07, 6.45) is 1.73. The lowest BCUT2D eigenvalue weighted by Crippen LogP contribution is -2.31. The number of carbonyl (C=O) groups is 1. The van der Waals surface area contributed by atoms with Crippen molar-refractivity contribution in [2.45, 2.75) is 18.9 Å². The Balaban J connectivity index is 1.59. The van der Waals surface area contributed by atoms with E-state index in [0.29, 0.717) is 12.5 Å². The molecule has 2 aliphatic rings. The number of fused-ring (bicyclic) bond motifs is 2. The fraction of sp³-hybridized carbons (Fsp3) is 0.389. The first-order valence-corrected chi connectivity index (χ1v) is 7.68. The van der Waals surface area contributed by atoms with Gasteiger partial charge in [0.25, 0.3) is 5.91 Å². The molecular formula is C18H19NO2. The van der Waals surface area contributed by atoms with Gasteiger partial charge < -0.3 is 10.0 Å². The highest BCUT2D eigenvalue weighted by Crippen LogP contribution is 2.38. The Bertz CT molecular complexity index is 696. The van der Waals surface area contributed by atoms with E-state index in [-0.39, 0.29) is 17.9 Å². The topological polar surface area (TPSA) is 40.5 Å². The highest BCUT2D eigenvalue weighted by molar-refractivity contribution is 5.98. The SMILES string of the molecule is O=C(c1ccc2ccccc2c1)N1CC2CCC(O)C2C1. The molecule has 1 amide bonds. The lowest BCUT2D eigenvalue weighted by Gasteiger charge is -2.18. The molecule has 1 saturated heterocycles. The van der Waals surface area contributed by atoms with Crippen molar-refractivity contribution in [3.05, 3.63) is 48.0 Å². The van der Waals surface area contributed by atoms with E-state index >= 15 is 0 Å². The van der Waals surface area contributed by atoms with Gasteiger partial charge in [-0.05, 0) is 41.7 Å². The van der Waals surface area contributed by atoms with Crippen molar-refractivity contribution < 1.29 is 9.90 Å². The number of amides is 1. The third kappa shape index (κ3) is 2.12. The summed E-state index contributed by atoms with van der Waals surface area (Å²) in [5.41, 5.74) is 0.753. The first kappa shape index (κ1) is 12.8. The standard InChI is InChI=1S/C18H19NO2/c20-17-8-7-15-10-19(11-16(15)17)18(21)14-6-5-12-3-1-2-4-13(12)9-14/h1-6,9,15-17,20H,7-8,10-11H2. The summed E-state index contributed by atoms with van der Waals surface area (Å²) in [7, 11) is 0. The van der Waals surface area contributed by atoms with Gasteiger partial charge >= 0.3 is 0 Å². The van der Waals surface area contributed by atoms with Crippen molar-refractivity contribution in [1.29, 1.82) is 0 Å². The molecule has 1 aliphatic heterocycles. The molecule has 0 radical (unpaired) electrons. The molecule has 0 bridgehead atoms. The average molecular weight is 281 g/mol. The highest BCUT2D eigenvalue weighted by atomic mass is 16.3. The van der Waals surface area contributed by atoms with E-state index < -0.39 is 0 Å². The smallest absolute Gasteiger partial charge is 0.253 e. The first-order chi connectivity index (χ1) is 10.2. The number of nitrogens with zero attached hydrogens (tertiary/aromatic N) is 1. The number of likely N-dealkylation sites (tertiary alicyclic amines) is 1. The molecule has 1 aliphatic carbocycles. The van der Waals surface area contributed by atoms with Gasteiger partial charge in [-0.3, -0.25) is 4.79 Å². The number of carbonyl (C=O) groups excluding carboxylic acids is 1. The van der Waals surface area contributed by atoms with E-state index in [1.807, 2.05) is 41.3 Å². The van der Waals surface area contributed by atoms with Crippen molar-refractivity contribution in [2.75, 3.05) is 13.1 Å². The molecule has 21 heavy (non-hydrogen) atoms. The molecule has 2 aromatic carbocycles. The average Bonchev–Trinajstić information content (AvgIpc) is 3.08. The van der Waals surface area contributed by atoms with Gasteiger partial charge in [0.1, 0.15) is 0 Å². The molecule has 0 spiro atoms. The lowest BCUT2D eigenvalue weighted by molar-refractivity contribution is 0.0752. The summed E-state index contributed by atoms with van der Waals surface area (Å²) >= 11 is 0. The molecular weight excluding hydrogens is 262 g/mol. The van der Waals surface area contributed by atoms with Crippen molar-refractivity contribution in [1.82, 2.24) is 4.90 Å². The van der Waals surface area contributed by atoms with Crippen LogP contribution in [0.3, 0.4) is 0 Å². The molecule has 3 atom stereocenters. The van der Waals surface area contributed by atoms with E-state index in [1.54, 1.807) is 0 Å². The van der Waals surface area contributed by atoms with Crippen LogP contribution in [-0.4, -0.2) is 35.1 Å². The Hall–Kier alpha value is -1.87. The van der Waals surface area contributed by atoms with E-state index in [9.17, 15) is 9.90 Å². The Morgan fingerprint density at radius 1 is 1.05 bits per heavy atom. The zero-order chi connectivity index (χ0) is 14.4. The Morgan fingerprint density at radius 2 is 1.86 bits per heavy atom. The van der Waals surface area contributed by atoms with Gasteiger partial charge in [-0.15, -0.1) is 0 Å². The Labute approximate surface area is 124 Å². The van der Waals surface area contributed by atoms with Crippen LogP contribution < -0.4 is 0 Å². The van der Waals surface area contributed by atoms with Crippen LogP contribution in [0.25, 0.3) is 10.8 Å². The van der Waals surface area contributed by atoms with Crippen LogP contribution in [0.2, 0.25) is 0 Å². The number of hydrogen-bond donors (Lipinski definition) is 1. The van der Waals surface area contributed by atoms with Crippen LogP contribution in [0, 0.1) is 11.8 Å². The van der Waals surface area contributed by atoms with Crippen LogP contribution in [0.1, 0.15) is 23.2 Å². The number of aliphatic hydroxyl groups is 1. The fourth-order valence-corrected chi connectivity index (χ4v) is 3.91. The normalized spacial score (nSPS) is 28.0. The van der Waals surface area contributed by atoms with E-state index in [4.69, 9.17) is 0 Å². The number of aliphatic hydroxyl groups excluding tert-OH is 1. The molecule has 3 heteroatoms. The second kappa shape index (κ2) is 4.85. The summed E-state index contributed by atoms with van der Waals surface area (Å²) < 4.78 is 0. The van der Waals surface area contributed by atoms with Crippen LogP contribution >= 0.6 is 0 Å². The van der Waals surface area contributed by atoms with Crippen LogP contribution in [0.4, 0.5) is 0 Å². The highest BCUT2D eigenvalue weighted by Gasteiger charge is 2.43. The zero-order valence-corrected chi connectivity index (χ0v) is 11.9. The quantitative estimate of drug-likeness (QED) is 0.873. The van der Waals surface area contributed by atoms with Gasteiger partial charge in [-0.25, -0.2) is 0 Å².